The van der Waals surface area contributed by atoms with Gasteiger partial charge in [-0.3, -0.25) is 19.0 Å². The van der Waals surface area contributed by atoms with E-state index in [0.717, 1.165) is 5.56 Å². The maximum Gasteiger partial charge on any atom is 0.254 e. The van der Waals surface area contributed by atoms with E-state index in [1.807, 2.05) is 30.3 Å². The predicted molar refractivity (Wildman–Crippen MR) is 160 cm³/mol. The molecule has 13 heteroatoms. The van der Waals surface area contributed by atoms with Gasteiger partial charge >= 0.3 is 0 Å². The van der Waals surface area contributed by atoms with Gasteiger partial charge in [-0.05, 0) is 36.6 Å². The molecule has 2 saturated heterocycles. The van der Waals surface area contributed by atoms with Crippen LogP contribution >= 0.6 is 23.2 Å². The minimum atomic E-state index is -0.833. The molecule has 2 aliphatic heterocycles. The molecule has 222 valence electrons. The molecule has 2 fully saturated rings. The van der Waals surface area contributed by atoms with E-state index in [2.05, 4.69) is 15.3 Å². The van der Waals surface area contributed by atoms with Crippen LogP contribution in [-0.2, 0) is 16.0 Å². The number of piperidine rings is 1. The number of halogens is 2. The molecule has 11 nitrogen and oxygen atoms in total. The Kier molecular flexibility index (Phi) is 8.29. The van der Waals surface area contributed by atoms with Crippen LogP contribution in [0.15, 0.2) is 71.9 Å². The summed E-state index contributed by atoms with van der Waals surface area (Å²) in [6.07, 6.45) is 4.35. The molecule has 6 rings (SSSR count). The van der Waals surface area contributed by atoms with E-state index in [-0.39, 0.29) is 23.0 Å². The number of aliphatic hydroxyl groups is 1. The molecule has 0 spiro atoms. The lowest BCUT2D eigenvalue weighted by molar-refractivity contribution is -0.141. The molecule has 2 amide bonds. The molecule has 2 aliphatic rings. The standard InChI is InChI=1S/C30H29Cl2N7O4/c31-20-6-7-24(38-17-26(32)34-35-38)22(15-20)23-16-29(42)37(18-33-23)25(14-19-4-2-1-3-5-19)30(43)36-12-10-21(11-13-36)39-27(40)8-9-28(39)41/h1-7,15-18,21,25,27,40H,8-14H2. The highest BCUT2D eigenvalue weighted by molar-refractivity contribution is 6.31. The minimum Gasteiger partial charge on any atom is -0.374 e. The van der Waals surface area contributed by atoms with Crippen LogP contribution in [0.3, 0.4) is 0 Å². The number of aliphatic hydroxyl groups excluding tert-OH is 1. The zero-order valence-electron chi connectivity index (χ0n) is 23.1. The van der Waals surface area contributed by atoms with Crippen molar-refractivity contribution < 1.29 is 14.7 Å². The topological polar surface area (TPSA) is 126 Å². The first-order chi connectivity index (χ1) is 20.8. The van der Waals surface area contributed by atoms with Gasteiger partial charge < -0.3 is 14.9 Å². The minimum absolute atomic E-state index is 0.0493. The molecule has 0 radical (unpaired) electrons. The van der Waals surface area contributed by atoms with Crippen molar-refractivity contribution in [2.24, 2.45) is 0 Å². The van der Waals surface area contributed by atoms with Gasteiger partial charge in [-0.15, -0.1) is 5.10 Å². The second-order valence-corrected chi connectivity index (χ2v) is 11.6. The number of carbonyl (C=O) groups is 2. The third kappa shape index (κ3) is 6.06. The summed E-state index contributed by atoms with van der Waals surface area (Å²) in [5.41, 5.74) is 1.98. The molecule has 43 heavy (non-hydrogen) atoms. The fraction of sp³-hybridized carbons (Fsp3) is 0.333. The Hall–Kier alpha value is -4.06. The lowest BCUT2D eigenvalue weighted by Crippen LogP contribution is -2.51. The zero-order chi connectivity index (χ0) is 30.1. The third-order valence-corrected chi connectivity index (χ3v) is 8.48. The molecule has 0 bridgehead atoms. The third-order valence-electron chi connectivity index (χ3n) is 8.07. The van der Waals surface area contributed by atoms with Crippen LogP contribution in [0.5, 0.6) is 0 Å². The second kappa shape index (κ2) is 12.3. The average molecular weight is 623 g/mol. The van der Waals surface area contributed by atoms with E-state index in [0.29, 0.717) is 67.2 Å². The highest BCUT2D eigenvalue weighted by atomic mass is 35.5. The Labute approximate surface area is 257 Å². The van der Waals surface area contributed by atoms with Crippen molar-refractivity contribution in [2.45, 2.75) is 50.4 Å². The Bertz CT molecular complexity index is 1700. The van der Waals surface area contributed by atoms with Crippen molar-refractivity contribution in [1.82, 2.24) is 34.3 Å². The Morgan fingerprint density at radius 1 is 1.02 bits per heavy atom. The van der Waals surface area contributed by atoms with Gasteiger partial charge in [-0.2, -0.15) is 0 Å². The summed E-state index contributed by atoms with van der Waals surface area (Å²) in [6, 6.07) is 15.0. The van der Waals surface area contributed by atoms with Gasteiger partial charge in [0.25, 0.3) is 5.56 Å². The SMILES string of the molecule is O=C(C(Cc1ccccc1)n1cnc(-c2cc(Cl)ccc2-n2cc(Cl)nn2)cc1=O)N1CCC(N2C(=O)CCC2O)CC1. The van der Waals surface area contributed by atoms with Crippen LogP contribution in [0.2, 0.25) is 10.2 Å². The molecule has 0 saturated carbocycles. The van der Waals surface area contributed by atoms with Gasteiger partial charge in [0.1, 0.15) is 12.3 Å². The van der Waals surface area contributed by atoms with E-state index in [1.165, 1.54) is 27.8 Å². The Morgan fingerprint density at radius 3 is 2.44 bits per heavy atom. The van der Waals surface area contributed by atoms with E-state index < -0.39 is 17.8 Å². The first kappa shape index (κ1) is 29.0. The number of hydrogen-bond acceptors (Lipinski definition) is 7. The number of amides is 2. The summed E-state index contributed by atoms with van der Waals surface area (Å²) < 4.78 is 2.84. The fourth-order valence-electron chi connectivity index (χ4n) is 5.92. The van der Waals surface area contributed by atoms with E-state index in [4.69, 9.17) is 23.2 Å². The molecule has 4 aromatic rings. The summed E-state index contributed by atoms with van der Waals surface area (Å²) >= 11 is 12.3. The van der Waals surface area contributed by atoms with Crippen molar-refractivity contribution in [1.29, 1.82) is 0 Å². The number of rotatable bonds is 7. The van der Waals surface area contributed by atoms with Gasteiger partial charge in [-0.1, -0.05) is 58.7 Å². The van der Waals surface area contributed by atoms with Crippen molar-refractivity contribution in [2.75, 3.05) is 13.1 Å². The van der Waals surface area contributed by atoms with Crippen molar-refractivity contribution in [3.63, 3.8) is 0 Å². The molecular weight excluding hydrogens is 593 g/mol. The number of benzene rings is 2. The largest absolute Gasteiger partial charge is 0.374 e. The molecular formula is C30H29Cl2N7O4. The maximum absolute atomic E-state index is 14.0. The number of nitrogens with zero attached hydrogens (tertiary/aromatic N) is 7. The second-order valence-electron chi connectivity index (χ2n) is 10.7. The summed E-state index contributed by atoms with van der Waals surface area (Å²) in [5.74, 6) is -0.250. The van der Waals surface area contributed by atoms with Crippen molar-refractivity contribution in [3.8, 4) is 16.9 Å². The summed E-state index contributed by atoms with van der Waals surface area (Å²) in [6.45, 7) is 0.829. The molecule has 1 N–H and O–H groups in total. The van der Waals surface area contributed by atoms with E-state index in [1.54, 1.807) is 28.0 Å². The first-order valence-electron chi connectivity index (χ1n) is 14.1. The first-order valence-corrected chi connectivity index (χ1v) is 14.8. The smallest absolute Gasteiger partial charge is 0.254 e. The highest BCUT2D eigenvalue weighted by Crippen LogP contribution is 2.30. The van der Waals surface area contributed by atoms with Gasteiger partial charge in [0, 0.05) is 55.0 Å². The lowest BCUT2D eigenvalue weighted by Gasteiger charge is -2.39. The van der Waals surface area contributed by atoms with Crippen molar-refractivity contribution >= 4 is 35.0 Å². The van der Waals surface area contributed by atoms with E-state index in [9.17, 15) is 19.5 Å². The molecule has 2 atom stereocenters. The molecule has 2 unspecified atom stereocenters. The van der Waals surface area contributed by atoms with Crippen LogP contribution in [0.1, 0.15) is 37.3 Å². The highest BCUT2D eigenvalue weighted by Gasteiger charge is 2.38. The molecule has 4 heterocycles. The molecule has 0 aliphatic carbocycles. The Balaban J connectivity index is 1.29. The number of carbonyl (C=O) groups excluding carboxylic acids is 2. The van der Waals surface area contributed by atoms with Gasteiger partial charge in [-0.25, -0.2) is 9.67 Å². The fourth-order valence-corrected chi connectivity index (χ4v) is 6.22. The van der Waals surface area contributed by atoms with Gasteiger partial charge in [0.15, 0.2) is 5.15 Å². The summed E-state index contributed by atoms with van der Waals surface area (Å²) in [4.78, 5) is 47.9. The Morgan fingerprint density at radius 2 is 1.79 bits per heavy atom. The zero-order valence-corrected chi connectivity index (χ0v) is 24.6. The van der Waals surface area contributed by atoms with Gasteiger partial charge in [0.2, 0.25) is 11.8 Å². The normalized spacial score (nSPS) is 18.3. The van der Waals surface area contributed by atoms with Crippen LogP contribution in [0.25, 0.3) is 16.9 Å². The quantitative estimate of drug-likeness (QED) is 0.334. The summed E-state index contributed by atoms with van der Waals surface area (Å²) in [5, 5.41) is 18.8. The molecule has 2 aromatic heterocycles. The van der Waals surface area contributed by atoms with Gasteiger partial charge in [0.05, 0.1) is 23.9 Å². The van der Waals surface area contributed by atoms with Crippen LogP contribution in [0.4, 0.5) is 0 Å². The van der Waals surface area contributed by atoms with Crippen LogP contribution in [0, 0.1) is 0 Å². The summed E-state index contributed by atoms with van der Waals surface area (Å²) in [7, 11) is 0. The predicted octanol–water partition coefficient (Wildman–Crippen LogP) is 3.51. The number of hydrogen-bond donors (Lipinski definition) is 1. The maximum atomic E-state index is 14.0. The lowest BCUT2D eigenvalue weighted by atomic mass is 10.00. The number of aromatic nitrogens is 5. The monoisotopic (exact) mass is 621 g/mol. The van der Waals surface area contributed by atoms with Crippen LogP contribution in [-0.4, -0.2) is 76.6 Å². The molecule has 2 aromatic carbocycles. The van der Waals surface area contributed by atoms with Crippen LogP contribution < -0.4 is 5.56 Å². The van der Waals surface area contributed by atoms with Crippen molar-refractivity contribution in [3.05, 3.63) is 93.2 Å². The number of likely N-dealkylation sites (tertiary alicyclic amines) is 2. The average Bonchev–Trinajstić information content (AvgIpc) is 3.60. The van der Waals surface area contributed by atoms with E-state index >= 15 is 0 Å².